The molecule has 1 aromatic heterocycles. The molecule has 4 heteroatoms. The predicted octanol–water partition coefficient (Wildman–Crippen LogP) is 4.81. The second-order valence-corrected chi connectivity index (χ2v) is 7.52. The molecule has 0 aliphatic carbocycles. The molecule has 0 fully saturated rings. The number of thiophene rings is 1. The molecular weight excluding hydrogens is 308 g/mol. The summed E-state index contributed by atoms with van der Waals surface area (Å²) in [5, 5.41) is 2.00. The summed E-state index contributed by atoms with van der Waals surface area (Å²) in [6, 6.07) is 11.5. The molecule has 1 heterocycles. The van der Waals surface area contributed by atoms with Crippen LogP contribution in [0.5, 0.6) is 0 Å². The van der Waals surface area contributed by atoms with Crippen molar-refractivity contribution in [3.05, 3.63) is 57.8 Å². The molecule has 0 spiro atoms. The van der Waals surface area contributed by atoms with E-state index in [1.165, 1.54) is 0 Å². The SMILES string of the molecule is CC(=O)c1ccc([C@@H](CC(=O)OC(C)(C)C)c2cccs2)cc1. The van der Waals surface area contributed by atoms with E-state index in [0.29, 0.717) is 5.56 Å². The normalized spacial score (nSPS) is 12.7. The van der Waals surface area contributed by atoms with Gasteiger partial charge in [0.2, 0.25) is 0 Å². The molecule has 2 rings (SSSR count). The summed E-state index contributed by atoms with van der Waals surface area (Å²) in [4.78, 5) is 24.8. The maximum Gasteiger partial charge on any atom is 0.307 e. The number of rotatable bonds is 5. The van der Waals surface area contributed by atoms with Crippen molar-refractivity contribution in [3.8, 4) is 0 Å². The smallest absolute Gasteiger partial charge is 0.307 e. The highest BCUT2D eigenvalue weighted by atomic mass is 32.1. The van der Waals surface area contributed by atoms with Crippen molar-refractivity contribution < 1.29 is 14.3 Å². The van der Waals surface area contributed by atoms with Crippen LogP contribution in [0.2, 0.25) is 0 Å². The summed E-state index contributed by atoms with van der Waals surface area (Å²) < 4.78 is 5.46. The van der Waals surface area contributed by atoms with Gasteiger partial charge < -0.3 is 4.74 Å². The number of esters is 1. The number of ether oxygens (including phenoxy) is 1. The Bertz CT molecular complexity index is 664. The van der Waals surface area contributed by atoms with E-state index in [0.717, 1.165) is 10.4 Å². The van der Waals surface area contributed by atoms with Crippen LogP contribution in [0.25, 0.3) is 0 Å². The summed E-state index contributed by atoms with van der Waals surface area (Å²) >= 11 is 1.62. The van der Waals surface area contributed by atoms with Gasteiger partial charge in [0.15, 0.2) is 5.78 Å². The lowest BCUT2D eigenvalue weighted by atomic mass is 9.93. The van der Waals surface area contributed by atoms with Crippen molar-refractivity contribution in [2.24, 2.45) is 0 Å². The largest absolute Gasteiger partial charge is 0.460 e. The molecular formula is C19H22O3S. The Hall–Kier alpha value is -1.94. The Morgan fingerprint density at radius 2 is 1.78 bits per heavy atom. The van der Waals surface area contributed by atoms with Gasteiger partial charge >= 0.3 is 5.97 Å². The van der Waals surface area contributed by atoms with E-state index < -0.39 is 5.60 Å². The molecule has 0 aliphatic rings. The first kappa shape index (κ1) is 17.4. The summed E-state index contributed by atoms with van der Waals surface area (Å²) in [6.07, 6.45) is 0.289. The number of carbonyl (C=O) groups is 2. The highest BCUT2D eigenvalue weighted by Crippen LogP contribution is 2.32. The third-order valence-corrected chi connectivity index (χ3v) is 4.38. The number of carbonyl (C=O) groups excluding carboxylic acids is 2. The van der Waals surface area contributed by atoms with Crippen LogP contribution in [0.3, 0.4) is 0 Å². The van der Waals surface area contributed by atoms with Gasteiger partial charge in [-0.05, 0) is 44.7 Å². The van der Waals surface area contributed by atoms with Crippen molar-refractivity contribution in [3.63, 3.8) is 0 Å². The van der Waals surface area contributed by atoms with Crippen molar-refractivity contribution in [1.29, 1.82) is 0 Å². The van der Waals surface area contributed by atoms with Gasteiger partial charge in [-0.25, -0.2) is 0 Å². The molecule has 0 bridgehead atoms. The predicted molar refractivity (Wildman–Crippen MR) is 93.1 cm³/mol. The molecule has 2 aromatic rings. The minimum Gasteiger partial charge on any atom is -0.460 e. The first-order valence-corrected chi connectivity index (χ1v) is 8.50. The van der Waals surface area contributed by atoms with Crippen LogP contribution in [0, 0.1) is 0 Å². The fraction of sp³-hybridized carbons (Fsp3) is 0.368. The van der Waals surface area contributed by atoms with E-state index in [1.54, 1.807) is 18.3 Å². The third kappa shape index (κ3) is 5.03. The zero-order valence-electron chi connectivity index (χ0n) is 14.0. The molecule has 0 unspecified atom stereocenters. The summed E-state index contributed by atoms with van der Waals surface area (Å²) in [5.41, 5.74) is 1.20. The fourth-order valence-electron chi connectivity index (χ4n) is 2.37. The Kier molecular flexibility index (Phi) is 5.37. The van der Waals surface area contributed by atoms with Crippen LogP contribution in [0.4, 0.5) is 0 Å². The molecule has 0 amide bonds. The lowest BCUT2D eigenvalue weighted by molar-refractivity contribution is -0.155. The van der Waals surface area contributed by atoms with Crippen molar-refractivity contribution in [2.75, 3.05) is 0 Å². The Morgan fingerprint density at radius 3 is 2.26 bits per heavy atom. The second-order valence-electron chi connectivity index (χ2n) is 6.54. The van der Waals surface area contributed by atoms with E-state index in [2.05, 4.69) is 0 Å². The van der Waals surface area contributed by atoms with Gasteiger partial charge in [0.1, 0.15) is 5.60 Å². The maximum atomic E-state index is 12.2. The maximum absolute atomic E-state index is 12.2. The minimum absolute atomic E-state index is 0.0383. The van der Waals surface area contributed by atoms with Gasteiger partial charge in [0.25, 0.3) is 0 Å². The Balaban J connectivity index is 2.25. The zero-order chi connectivity index (χ0) is 17.0. The topological polar surface area (TPSA) is 43.4 Å². The van der Waals surface area contributed by atoms with E-state index in [4.69, 9.17) is 4.74 Å². The average molecular weight is 330 g/mol. The van der Waals surface area contributed by atoms with Gasteiger partial charge in [0, 0.05) is 16.4 Å². The number of hydrogen-bond donors (Lipinski definition) is 0. The van der Waals surface area contributed by atoms with Crippen LogP contribution in [0.15, 0.2) is 41.8 Å². The molecule has 0 aliphatic heterocycles. The van der Waals surface area contributed by atoms with E-state index in [-0.39, 0.29) is 24.1 Å². The minimum atomic E-state index is -0.491. The van der Waals surface area contributed by atoms with E-state index in [1.807, 2.05) is 62.5 Å². The van der Waals surface area contributed by atoms with Gasteiger partial charge in [-0.15, -0.1) is 11.3 Å². The first-order chi connectivity index (χ1) is 10.8. The summed E-state index contributed by atoms with van der Waals surface area (Å²) in [5.74, 6) is -0.228. The molecule has 0 N–H and O–H groups in total. The van der Waals surface area contributed by atoms with Crippen LogP contribution in [0.1, 0.15) is 60.8 Å². The third-order valence-electron chi connectivity index (χ3n) is 3.40. The highest BCUT2D eigenvalue weighted by Gasteiger charge is 2.23. The summed E-state index contributed by atoms with van der Waals surface area (Å²) in [7, 11) is 0. The van der Waals surface area contributed by atoms with Crippen LogP contribution in [-0.2, 0) is 9.53 Å². The molecule has 0 saturated carbocycles. The first-order valence-electron chi connectivity index (χ1n) is 7.62. The highest BCUT2D eigenvalue weighted by molar-refractivity contribution is 7.10. The van der Waals surface area contributed by atoms with Gasteiger partial charge in [-0.3, -0.25) is 9.59 Å². The average Bonchev–Trinajstić information content (AvgIpc) is 2.97. The lowest BCUT2D eigenvalue weighted by Crippen LogP contribution is -2.25. The molecule has 23 heavy (non-hydrogen) atoms. The van der Waals surface area contributed by atoms with Crippen LogP contribution >= 0.6 is 11.3 Å². The molecule has 0 radical (unpaired) electrons. The number of benzene rings is 1. The van der Waals surface area contributed by atoms with Gasteiger partial charge in [-0.1, -0.05) is 30.3 Å². The fourth-order valence-corrected chi connectivity index (χ4v) is 3.23. The van der Waals surface area contributed by atoms with Crippen LogP contribution in [-0.4, -0.2) is 17.4 Å². The number of Topliss-reactive ketones (excluding diaryl/α,β-unsaturated/α-hetero) is 1. The zero-order valence-corrected chi connectivity index (χ0v) is 14.8. The number of hydrogen-bond acceptors (Lipinski definition) is 4. The lowest BCUT2D eigenvalue weighted by Gasteiger charge is -2.22. The number of ketones is 1. The monoisotopic (exact) mass is 330 g/mol. The molecule has 1 atom stereocenters. The molecule has 3 nitrogen and oxygen atoms in total. The van der Waals surface area contributed by atoms with Crippen molar-refractivity contribution in [2.45, 2.75) is 45.6 Å². The van der Waals surface area contributed by atoms with Crippen LogP contribution < -0.4 is 0 Å². The Morgan fingerprint density at radius 1 is 1.13 bits per heavy atom. The van der Waals surface area contributed by atoms with Crippen molar-refractivity contribution in [1.82, 2.24) is 0 Å². The van der Waals surface area contributed by atoms with Gasteiger partial charge in [0.05, 0.1) is 6.42 Å². The van der Waals surface area contributed by atoms with Crippen molar-refractivity contribution >= 4 is 23.1 Å². The van der Waals surface area contributed by atoms with E-state index in [9.17, 15) is 9.59 Å². The Labute approximate surface area is 141 Å². The van der Waals surface area contributed by atoms with E-state index >= 15 is 0 Å². The molecule has 0 saturated heterocycles. The second kappa shape index (κ2) is 7.09. The standard InChI is InChI=1S/C19H22O3S/c1-13(20)14-7-9-15(10-8-14)16(17-6-5-11-23-17)12-18(21)22-19(2,3)4/h5-11,16H,12H2,1-4H3/t16-/m1/s1. The van der Waals surface area contributed by atoms with Gasteiger partial charge in [-0.2, -0.15) is 0 Å². The summed E-state index contributed by atoms with van der Waals surface area (Å²) in [6.45, 7) is 7.15. The molecule has 122 valence electrons. The quantitative estimate of drug-likeness (QED) is 0.583. The molecule has 1 aromatic carbocycles.